The van der Waals surface area contributed by atoms with Gasteiger partial charge in [-0.3, -0.25) is 0 Å². The van der Waals surface area contributed by atoms with Gasteiger partial charge in [0.2, 0.25) is 0 Å². The summed E-state index contributed by atoms with van der Waals surface area (Å²) < 4.78 is 13.2. The molecule has 0 unspecified atom stereocenters. The first kappa shape index (κ1) is 8.05. The predicted octanol–water partition coefficient (Wildman–Crippen LogP) is 2.60. The van der Waals surface area contributed by atoms with Crippen molar-refractivity contribution in [3.63, 3.8) is 0 Å². The fourth-order valence-corrected chi connectivity index (χ4v) is 0.876. The van der Waals surface area contributed by atoms with E-state index in [-0.39, 0.29) is 5.75 Å². The minimum Gasteiger partial charge on any atom is -0.508 e. The summed E-state index contributed by atoms with van der Waals surface area (Å²) in [6.45, 7) is 2.92. The first-order valence-electron chi connectivity index (χ1n) is 3.48. The molecule has 0 aliphatic heterocycles. The molecule has 11 heavy (non-hydrogen) atoms. The summed E-state index contributed by atoms with van der Waals surface area (Å²) in [5.41, 5.74) is -0.879. The second-order valence-corrected chi connectivity index (χ2v) is 3.02. The van der Waals surface area contributed by atoms with Gasteiger partial charge in [0.1, 0.15) is 11.4 Å². The van der Waals surface area contributed by atoms with E-state index in [0.29, 0.717) is 5.56 Å². The minimum absolute atomic E-state index is 0.105. The molecule has 1 N–H and O–H groups in total. The van der Waals surface area contributed by atoms with Gasteiger partial charge >= 0.3 is 0 Å². The van der Waals surface area contributed by atoms with Gasteiger partial charge in [-0.05, 0) is 31.5 Å². The van der Waals surface area contributed by atoms with Gasteiger partial charge in [-0.1, -0.05) is 12.1 Å². The van der Waals surface area contributed by atoms with Crippen molar-refractivity contribution in [1.29, 1.82) is 0 Å². The van der Waals surface area contributed by atoms with Crippen LogP contribution in [-0.4, -0.2) is 5.11 Å². The summed E-state index contributed by atoms with van der Waals surface area (Å²) in [6, 6.07) is 6.24. The van der Waals surface area contributed by atoms with Crippen LogP contribution in [0.15, 0.2) is 24.3 Å². The third-order valence-corrected chi connectivity index (χ3v) is 1.53. The molecule has 0 aliphatic carbocycles. The van der Waals surface area contributed by atoms with Crippen LogP contribution in [0.1, 0.15) is 19.4 Å². The fourth-order valence-electron chi connectivity index (χ4n) is 0.876. The Balaban J connectivity index is 3.06. The lowest BCUT2D eigenvalue weighted by molar-refractivity contribution is 0.221. The standard InChI is InChI=1S/C9H11FO/c1-9(2,10)7-4-3-5-8(11)6-7/h3-6,11H,1-2H3. The highest BCUT2D eigenvalue weighted by atomic mass is 19.1. The van der Waals surface area contributed by atoms with Gasteiger partial charge in [-0.25, -0.2) is 4.39 Å². The van der Waals surface area contributed by atoms with Crippen molar-refractivity contribution in [1.82, 2.24) is 0 Å². The summed E-state index contributed by atoms with van der Waals surface area (Å²) in [4.78, 5) is 0. The van der Waals surface area contributed by atoms with Crippen LogP contribution in [0.4, 0.5) is 4.39 Å². The van der Waals surface area contributed by atoms with Crippen molar-refractivity contribution in [3.05, 3.63) is 29.8 Å². The number of phenolic OH excluding ortho intramolecular Hbond substituents is 1. The molecule has 0 spiro atoms. The van der Waals surface area contributed by atoms with Crippen LogP contribution in [0.2, 0.25) is 0 Å². The molecule has 0 bridgehead atoms. The summed E-state index contributed by atoms with van der Waals surface area (Å²) >= 11 is 0. The highest BCUT2D eigenvalue weighted by Crippen LogP contribution is 2.26. The Bertz CT molecular complexity index is 250. The van der Waals surface area contributed by atoms with Crippen LogP contribution in [-0.2, 0) is 5.67 Å². The molecule has 0 atom stereocenters. The molecule has 2 heteroatoms. The number of alkyl halides is 1. The molecule has 0 saturated heterocycles. The summed E-state index contributed by atoms with van der Waals surface area (Å²) in [5.74, 6) is 0.105. The molecule has 0 fully saturated rings. The Morgan fingerprint density at radius 1 is 1.36 bits per heavy atom. The second-order valence-electron chi connectivity index (χ2n) is 3.02. The minimum atomic E-state index is -1.38. The molecule has 0 radical (unpaired) electrons. The van der Waals surface area contributed by atoms with Crippen LogP contribution >= 0.6 is 0 Å². The largest absolute Gasteiger partial charge is 0.508 e. The van der Waals surface area contributed by atoms with Gasteiger partial charge in [-0.15, -0.1) is 0 Å². The third-order valence-electron chi connectivity index (χ3n) is 1.53. The maximum atomic E-state index is 13.2. The number of rotatable bonds is 1. The van der Waals surface area contributed by atoms with E-state index in [2.05, 4.69) is 0 Å². The van der Waals surface area contributed by atoms with Crippen molar-refractivity contribution in [2.75, 3.05) is 0 Å². The van der Waals surface area contributed by atoms with E-state index in [1.807, 2.05) is 0 Å². The molecule has 1 rings (SSSR count). The highest BCUT2D eigenvalue weighted by Gasteiger charge is 2.18. The molecule has 0 aromatic heterocycles. The Morgan fingerprint density at radius 3 is 2.36 bits per heavy atom. The SMILES string of the molecule is CC(C)(F)c1cccc(O)c1. The van der Waals surface area contributed by atoms with Gasteiger partial charge in [0.15, 0.2) is 0 Å². The monoisotopic (exact) mass is 154 g/mol. The maximum Gasteiger partial charge on any atom is 0.130 e. The van der Waals surface area contributed by atoms with Crippen LogP contribution in [0.25, 0.3) is 0 Å². The van der Waals surface area contributed by atoms with E-state index in [0.717, 1.165) is 0 Å². The first-order chi connectivity index (χ1) is 5.00. The van der Waals surface area contributed by atoms with E-state index in [1.165, 1.54) is 26.0 Å². The van der Waals surface area contributed by atoms with Crippen molar-refractivity contribution in [3.8, 4) is 5.75 Å². The van der Waals surface area contributed by atoms with Crippen molar-refractivity contribution in [2.45, 2.75) is 19.5 Å². The van der Waals surface area contributed by atoms with Crippen LogP contribution in [0, 0.1) is 0 Å². The number of hydrogen-bond donors (Lipinski definition) is 1. The highest BCUT2D eigenvalue weighted by molar-refractivity contribution is 5.30. The number of aromatic hydroxyl groups is 1. The number of benzene rings is 1. The fraction of sp³-hybridized carbons (Fsp3) is 0.333. The van der Waals surface area contributed by atoms with E-state index in [1.54, 1.807) is 12.1 Å². The topological polar surface area (TPSA) is 20.2 Å². The van der Waals surface area contributed by atoms with Crippen molar-refractivity contribution in [2.24, 2.45) is 0 Å². The quantitative estimate of drug-likeness (QED) is 0.659. The van der Waals surface area contributed by atoms with E-state index >= 15 is 0 Å². The van der Waals surface area contributed by atoms with Crippen LogP contribution < -0.4 is 0 Å². The molecule has 0 saturated carbocycles. The lowest BCUT2D eigenvalue weighted by Gasteiger charge is -2.13. The van der Waals surface area contributed by atoms with Gasteiger partial charge in [0, 0.05) is 0 Å². The van der Waals surface area contributed by atoms with Crippen molar-refractivity contribution >= 4 is 0 Å². The Kier molecular flexibility index (Phi) is 1.85. The summed E-state index contributed by atoms with van der Waals surface area (Å²) in [6.07, 6.45) is 0. The smallest absolute Gasteiger partial charge is 0.130 e. The molecule has 0 aliphatic rings. The Labute approximate surface area is 65.5 Å². The molecule has 1 aromatic carbocycles. The van der Waals surface area contributed by atoms with E-state index in [4.69, 9.17) is 5.11 Å². The lowest BCUT2D eigenvalue weighted by atomic mass is 10.0. The lowest BCUT2D eigenvalue weighted by Crippen LogP contribution is -2.08. The van der Waals surface area contributed by atoms with Crippen molar-refractivity contribution < 1.29 is 9.50 Å². The zero-order valence-corrected chi connectivity index (χ0v) is 6.63. The number of halogens is 1. The van der Waals surface area contributed by atoms with E-state index < -0.39 is 5.67 Å². The van der Waals surface area contributed by atoms with Crippen LogP contribution in [0.3, 0.4) is 0 Å². The average Bonchev–Trinajstić information content (AvgIpc) is 1.86. The number of phenols is 1. The molecular formula is C9H11FO. The van der Waals surface area contributed by atoms with Gasteiger partial charge < -0.3 is 5.11 Å². The van der Waals surface area contributed by atoms with Gasteiger partial charge in [0.25, 0.3) is 0 Å². The van der Waals surface area contributed by atoms with E-state index in [9.17, 15) is 4.39 Å². The molecule has 60 valence electrons. The van der Waals surface area contributed by atoms with Crippen LogP contribution in [0.5, 0.6) is 5.75 Å². The molecule has 1 aromatic rings. The second kappa shape index (κ2) is 2.53. The Hall–Kier alpha value is -1.05. The molecular weight excluding hydrogens is 143 g/mol. The average molecular weight is 154 g/mol. The summed E-state index contributed by atoms with van der Waals surface area (Å²) in [7, 11) is 0. The zero-order valence-electron chi connectivity index (χ0n) is 6.63. The normalized spacial score (nSPS) is 11.5. The maximum absolute atomic E-state index is 13.2. The number of hydrogen-bond acceptors (Lipinski definition) is 1. The van der Waals surface area contributed by atoms with Gasteiger partial charge in [-0.2, -0.15) is 0 Å². The first-order valence-corrected chi connectivity index (χ1v) is 3.48. The summed E-state index contributed by atoms with van der Waals surface area (Å²) in [5, 5.41) is 9.01. The predicted molar refractivity (Wildman–Crippen MR) is 42.2 cm³/mol. The van der Waals surface area contributed by atoms with Gasteiger partial charge in [0.05, 0.1) is 0 Å². The third kappa shape index (κ3) is 1.93. The zero-order chi connectivity index (χ0) is 8.48. The Morgan fingerprint density at radius 2 is 2.00 bits per heavy atom. The molecule has 1 nitrogen and oxygen atoms in total. The molecule has 0 heterocycles. The molecule has 0 amide bonds.